The maximum absolute atomic E-state index is 6.27. The van der Waals surface area contributed by atoms with E-state index in [4.69, 9.17) is 5.73 Å². The lowest BCUT2D eigenvalue weighted by molar-refractivity contribution is 0.157. The highest BCUT2D eigenvalue weighted by molar-refractivity contribution is 5.40. The predicted molar refractivity (Wildman–Crippen MR) is 75.7 cm³/mol. The van der Waals surface area contributed by atoms with Crippen LogP contribution < -0.4 is 5.73 Å². The van der Waals surface area contributed by atoms with Crippen LogP contribution in [0.25, 0.3) is 0 Å². The van der Waals surface area contributed by atoms with Gasteiger partial charge in [0.25, 0.3) is 0 Å². The lowest BCUT2D eigenvalue weighted by Crippen LogP contribution is -2.49. The van der Waals surface area contributed by atoms with Gasteiger partial charge in [-0.2, -0.15) is 0 Å². The molecule has 2 heteroatoms. The third-order valence-electron chi connectivity index (χ3n) is 4.82. The monoisotopic (exact) mass is 244 g/mol. The molecule has 18 heavy (non-hydrogen) atoms. The molecule has 3 rings (SSSR count). The van der Waals surface area contributed by atoms with E-state index in [9.17, 15) is 0 Å². The van der Waals surface area contributed by atoms with Gasteiger partial charge in [0, 0.05) is 24.5 Å². The molecule has 0 spiro atoms. The Balaban J connectivity index is 1.61. The van der Waals surface area contributed by atoms with E-state index < -0.39 is 0 Å². The molecule has 0 aliphatic heterocycles. The second-order valence-corrected chi connectivity index (χ2v) is 6.06. The van der Waals surface area contributed by atoms with Crippen molar-refractivity contribution in [3.63, 3.8) is 0 Å². The second-order valence-electron chi connectivity index (χ2n) is 6.06. The van der Waals surface area contributed by atoms with E-state index in [0.717, 1.165) is 5.92 Å². The first-order valence-corrected chi connectivity index (χ1v) is 7.29. The summed E-state index contributed by atoms with van der Waals surface area (Å²) in [5.74, 6) is 0.736. The molecule has 1 saturated carbocycles. The predicted octanol–water partition coefficient (Wildman–Crippen LogP) is 2.53. The maximum atomic E-state index is 6.27. The molecule has 0 aromatic heterocycles. The van der Waals surface area contributed by atoms with Crippen molar-refractivity contribution in [1.82, 2.24) is 4.90 Å². The number of nitrogens with two attached hydrogens (primary N) is 1. The molecule has 2 N–H and O–H groups in total. The molecule has 98 valence electrons. The Morgan fingerprint density at radius 3 is 2.78 bits per heavy atom. The van der Waals surface area contributed by atoms with Crippen molar-refractivity contribution in [3.05, 3.63) is 35.4 Å². The molecule has 1 aromatic rings. The quantitative estimate of drug-likeness (QED) is 0.885. The highest BCUT2D eigenvalue weighted by atomic mass is 15.1. The van der Waals surface area contributed by atoms with Crippen LogP contribution in [0.3, 0.4) is 0 Å². The van der Waals surface area contributed by atoms with Crippen LogP contribution in [0.4, 0.5) is 0 Å². The number of rotatable bonds is 3. The van der Waals surface area contributed by atoms with Gasteiger partial charge in [-0.1, -0.05) is 37.1 Å². The summed E-state index contributed by atoms with van der Waals surface area (Å²) >= 11 is 0. The Kier molecular flexibility index (Phi) is 3.40. The average Bonchev–Trinajstić information content (AvgIpc) is 2.36. The third-order valence-corrected chi connectivity index (χ3v) is 4.82. The minimum atomic E-state index is 0.388. The molecule has 0 amide bonds. The van der Waals surface area contributed by atoms with Crippen molar-refractivity contribution in [3.8, 4) is 0 Å². The summed E-state index contributed by atoms with van der Waals surface area (Å²) in [6.45, 7) is 1.18. The molecule has 0 bridgehead atoms. The van der Waals surface area contributed by atoms with Gasteiger partial charge in [-0.3, -0.25) is 0 Å². The first kappa shape index (κ1) is 12.2. The Labute approximate surface area is 110 Å². The number of hydrogen-bond acceptors (Lipinski definition) is 2. The molecule has 2 nitrogen and oxygen atoms in total. The van der Waals surface area contributed by atoms with Crippen LogP contribution in [0.5, 0.6) is 0 Å². The van der Waals surface area contributed by atoms with Gasteiger partial charge in [0.05, 0.1) is 0 Å². The highest BCUT2D eigenvalue weighted by Crippen LogP contribution is 2.36. The standard InChI is InChI=1S/C16H24N2/c1-18(16-9-5-4-8-15(16)17)11-13-10-12-6-2-3-7-14(12)13/h2-3,6-7,13,15-16H,4-5,8-11,17H2,1H3. The smallest absolute Gasteiger partial charge is 0.0244 e. The van der Waals surface area contributed by atoms with Gasteiger partial charge in [-0.15, -0.1) is 0 Å². The van der Waals surface area contributed by atoms with Crippen LogP contribution in [0.15, 0.2) is 24.3 Å². The Morgan fingerprint density at radius 1 is 1.22 bits per heavy atom. The van der Waals surface area contributed by atoms with Crippen molar-refractivity contribution in [1.29, 1.82) is 0 Å². The van der Waals surface area contributed by atoms with Crippen LogP contribution in [0.1, 0.15) is 42.7 Å². The van der Waals surface area contributed by atoms with E-state index in [1.807, 2.05) is 0 Å². The van der Waals surface area contributed by atoms with Crippen LogP contribution >= 0.6 is 0 Å². The van der Waals surface area contributed by atoms with Crippen molar-refractivity contribution in [2.45, 2.75) is 50.1 Å². The van der Waals surface area contributed by atoms with Gasteiger partial charge in [-0.25, -0.2) is 0 Å². The zero-order valence-corrected chi connectivity index (χ0v) is 11.3. The first-order chi connectivity index (χ1) is 8.75. The first-order valence-electron chi connectivity index (χ1n) is 7.29. The molecule has 1 aromatic carbocycles. The van der Waals surface area contributed by atoms with E-state index in [1.165, 1.54) is 38.6 Å². The highest BCUT2D eigenvalue weighted by Gasteiger charge is 2.31. The fourth-order valence-corrected chi connectivity index (χ4v) is 3.70. The molecule has 0 saturated heterocycles. The SMILES string of the molecule is CN(CC1Cc2ccccc21)C1CCCCC1N. The molecule has 1 fully saturated rings. The molecule has 2 aliphatic rings. The topological polar surface area (TPSA) is 29.3 Å². The Morgan fingerprint density at radius 2 is 2.00 bits per heavy atom. The van der Waals surface area contributed by atoms with Gasteiger partial charge < -0.3 is 10.6 Å². The fourth-order valence-electron chi connectivity index (χ4n) is 3.70. The van der Waals surface area contributed by atoms with Gasteiger partial charge in [-0.05, 0) is 37.4 Å². The van der Waals surface area contributed by atoms with Gasteiger partial charge >= 0.3 is 0 Å². The lowest BCUT2D eigenvalue weighted by atomic mass is 9.77. The van der Waals surface area contributed by atoms with Gasteiger partial charge in [0.2, 0.25) is 0 Å². The summed E-state index contributed by atoms with van der Waals surface area (Å²) < 4.78 is 0. The summed E-state index contributed by atoms with van der Waals surface area (Å²) in [5, 5.41) is 0. The number of hydrogen-bond donors (Lipinski definition) is 1. The summed E-state index contributed by atoms with van der Waals surface area (Å²) in [7, 11) is 2.26. The van der Waals surface area contributed by atoms with E-state index in [1.54, 1.807) is 11.1 Å². The zero-order valence-electron chi connectivity index (χ0n) is 11.3. The van der Waals surface area contributed by atoms with E-state index in [0.29, 0.717) is 12.1 Å². The average molecular weight is 244 g/mol. The summed E-state index contributed by atoms with van der Waals surface area (Å²) in [6, 6.07) is 9.86. The molecule has 3 atom stereocenters. The van der Waals surface area contributed by atoms with Crippen molar-refractivity contribution in [2.75, 3.05) is 13.6 Å². The maximum Gasteiger partial charge on any atom is 0.0244 e. The second kappa shape index (κ2) is 5.02. The fraction of sp³-hybridized carbons (Fsp3) is 0.625. The number of benzene rings is 1. The summed E-state index contributed by atoms with van der Waals surface area (Å²) in [5.41, 5.74) is 9.38. The minimum absolute atomic E-state index is 0.388. The number of nitrogens with zero attached hydrogens (tertiary/aromatic N) is 1. The molecular weight excluding hydrogens is 220 g/mol. The van der Waals surface area contributed by atoms with Crippen LogP contribution in [0, 0.1) is 0 Å². The number of fused-ring (bicyclic) bond motifs is 1. The van der Waals surface area contributed by atoms with E-state index in [-0.39, 0.29) is 0 Å². The van der Waals surface area contributed by atoms with E-state index >= 15 is 0 Å². The normalized spacial score (nSPS) is 30.9. The molecular formula is C16H24N2. The molecule has 2 aliphatic carbocycles. The van der Waals surface area contributed by atoms with Crippen LogP contribution in [0.2, 0.25) is 0 Å². The Bertz CT molecular complexity index is 415. The summed E-state index contributed by atoms with van der Waals surface area (Å²) in [6.07, 6.45) is 6.41. The molecule has 0 heterocycles. The molecule has 3 unspecified atom stereocenters. The van der Waals surface area contributed by atoms with Crippen LogP contribution in [-0.4, -0.2) is 30.6 Å². The Hall–Kier alpha value is -0.860. The third kappa shape index (κ3) is 2.19. The van der Waals surface area contributed by atoms with Crippen molar-refractivity contribution in [2.24, 2.45) is 5.73 Å². The minimum Gasteiger partial charge on any atom is -0.326 e. The van der Waals surface area contributed by atoms with Gasteiger partial charge in [0.15, 0.2) is 0 Å². The zero-order chi connectivity index (χ0) is 12.5. The number of likely N-dealkylation sites (N-methyl/N-ethyl adjacent to an activating group) is 1. The van der Waals surface area contributed by atoms with Gasteiger partial charge in [0.1, 0.15) is 0 Å². The van der Waals surface area contributed by atoms with Crippen LogP contribution in [-0.2, 0) is 6.42 Å². The van der Waals surface area contributed by atoms with E-state index in [2.05, 4.69) is 36.2 Å². The lowest BCUT2D eigenvalue weighted by Gasteiger charge is -2.40. The summed E-state index contributed by atoms with van der Waals surface area (Å²) in [4.78, 5) is 2.52. The molecule has 0 radical (unpaired) electrons. The van der Waals surface area contributed by atoms with Crippen molar-refractivity contribution >= 4 is 0 Å². The largest absolute Gasteiger partial charge is 0.326 e. The van der Waals surface area contributed by atoms with Crippen molar-refractivity contribution < 1.29 is 0 Å².